The van der Waals surface area contributed by atoms with E-state index in [1.54, 1.807) is 18.5 Å². The molecule has 1 unspecified atom stereocenters. The molecule has 1 saturated heterocycles. The molecule has 7 nitrogen and oxygen atoms in total. The summed E-state index contributed by atoms with van der Waals surface area (Å²) >= 11 is 0. The number of benzene rings is 1. The van der Waals surface area contributed by atoms with Crippen LogP contribution < -0.4 is 4.90 Å². The van der Waals surface area contributed by atoms with Gasteiger partial charge in [0.2, 0.25) is 0 Å². The molecule has 0 amide bonds. The molecule has 0 N–H and O–H groups in total. The van der Waals surface area contributed by atoms with E-state index in [9.17, 15) is 13.2 Å². The van der Waals surface area contributed by atoms with Crippen LogP contribution >= 0.6 is 0 Å². The Kier molecular flexibility index (Phi) is 6.38. The first-order chi connectivity index (χ1) is 15.7. The Labute approximate surface area is 191 Å². The van der Waals surface area contributed by atoms with Crippen molar-refractivity contribution in [2.45, 2.75) is 44.9 Å². The zero-order chi connectivity index (χ0) is 23.6. The van der Waals surface area contributed by atoms with Gasteiger partial charge in [0.15, 0.2) is 5.82 Å². The van der Waals surface area contributed by atoms with Crippen molar-refractivity contribution < 1.29 is 13.2 Å². The van der Waals surface area contributed by atoms with E-state index in [-0.39, 0.29) is 11.6 Å². The van der Waals surface area contributed by atoms with Crippen LogP contribution in [0.15, 0.2) is 48.8 Å². The van der Waals surface area contributed by atoms with E-state index in [0.29, 0.717) is 31.9 Å². The van der Waals surface area contributed by atoms with Crippen molar-refractivity contribution in [1.29, 1.82) is 0 Å². The SMILES string of the molecule is CCC(C)(C)n1nnnc1C(c1ccncc1)N1CCN(c2cccc(C(F)(F)F)c2)CC1. The summed E-state index contributed by atoms with van der Waals surface area (Å²) in [6.07, 6.45) is 0.00545. The Bertz CT molecular complexity index is 1060. The molecule has 0 radical (unpaired) electrons. The standard InChI is InChI=1S/C23H28F3N7/c1-4-22(2,3)33-21(28-29-30-33)20(17-8-10-27-11-9-17)32-14-12-31(13-15-32)19-7-5-6-18(16-19)23(24,25)26/h5-11,16,20H,4,12-15H2,1-3H3. The Morgan fingerprint density at radius 3 is 2.33 bits per heavy atom. The average molecular weight is 460 g/mol. The lowest BCUT2D eigenvalue weighted by atomic mass is 9.99. The molecule has 0 bridgehead atoms. The van der Waals surface area contributed by atoms with Gasteiger partial charge in [-0.05, 0) is 66.6 Å². The molecule has 1 aliphatic rings. The third-order valence-corrected chi connectivity index (χ3v) is 6.42. The summed E-state index contributed by atoms with van der Waals surface area (Å²) in [5.74, 6) is 0.751. The monoisotopic (exact) mass is 459 g/mol. The van der Waals surface area contributed by atoms with Crippen molar-refractivity contribution in [2.24, 2.45) is 0 Å². The predicted octanol–water partition coefficient (Wildman–Crippen LogP) is 4.14. The van der Waals surface area contributed by atoms with Crippen LogP contribution in [0.25, 0.3) is 0 Å². The number of nitrogens with zero attached hydrogens (tertiary/aromatic N) is 7. The summed E-state index contributed by atoms with van der Waals surface area (Å²) < 4.78 is 41.4. The molecule has 1 fully saturated rings. The first-order valence-corrected chi connectivity index (χ1v) is 11.1. The third-order valence-electron chi connectivity index (χ3n) is 6.42. The minimum absolute atomic E-state index is 0.183. The van der Waals surface area contributed by atoms with Crippen LogP contribution in [0.2, 0.25) is 0 Å². The first kappa shape index (κ1) is 23.2. The highest BCUT2D eigenvalue weighted by Gasteiger charge is 2.35. The number of hydrogen-bond acceptors (Lipinski definition) is 6. The number of hydrogen-bond donors (Lipinski definition) is 0. The second-order valence-electron chi connectivity index (χ2n) is 8.87. The Morgan fingerprint density at radius 1 is 1.00 bits per heavy atom. The molecule has 2 aromatic heterocycles. The molecule has 0 spiro atoms. The molecule has 176 valence electrons. The topological polar surface area (TPSA) is 63.0 Å². The van der Waals surface area contributed by atoms with E-state index in [0.717, 1.165) is 23.9 Å². The van der Waals surface area contributed by atoms with Gasteiger partial charge in [-0.2, -0.15) is 13.2 Å². The molecule has 1 aliphatic heterocycles. The second-order valence-corrected chi connectivity index (χ2v) is 8.87. The largest absolute Gasteiger partial charge is 0.416 e. The highest BCUT2D eigenvalue weighted by atomic mass is 19.4. The van der Waals surface area contributed by atoms with Crippen molar-refractivity contribution in [3.05, 3.63) is 65.7 Å². The summed E-state index contributed by atoms with van der Waals surface area (Å²) in [6.45, 7) is 8.80. The maximum absolute atomic E-state index is 13.2. The van der Waals surface area contributed by atoms with E-state index in [4.69, 9.17) is 0 Å². The lowest BCUT2D eigenvalue weighted by Gasteiger charge is -2.40. The van der Waals surface area contributed by atoms with Crippen molar-refractivity contribution in [2.75, 3.05) is 31.1 Å². The quantitative estimate of drug-likeness (QED) is 0.552. The van der Waals surface area contributed by atoms with Gasteiger partial charge in [-0.15, -0.1) is 5.10 Å². The van der Waals surface area contributed by atoms with E-state index < -0.39 is 11.7 Å². The highest BCUT2D eigenvalue weighted by Crippen LogP contribution is 2.34. The van der Waals surface area contributed by atoms with E-state index in [1.807, 2.05) is 21.7 Å². The van der Waals surface area contributed by atoms with Crippen LogP contribution in [-0.2, 0) is 11.7 Å². The average Bonchev–Trinajstić information content (AvgIpc) is 3.30. The van der Waals surface area contributed by atoms with Crippen molar-refractivity contribution in [1.82, 2.24) is 30.1 Å². The van der Waals surface area contributed by atoms with Crippen molar-refractivity contribution in [3.63, 3.8) is 0 Å². The van der Waals surface area contributed by atoms with E-state index in [1.165, 1.54) is 12.1 Å². The zero-order valence-electron chi connectivity index (χ0n) is 19.0. The molecule has 1 aromatic carbocycles. The Balaban J connectivity index is 1.60. The van der Waals surface area contributed by atoms with Gasteiger partial charge in [0.1, 0.15) is 0 Å². The number of piperazine rings is 1. The van der Waals surface area contributed by atoms with Gasteiger partial charge in [-0.3, -0.25) is 9.88 Å². The highest BCUT2D eigenvalue weighted by molar-refractivity contribution is 5.49. The van der Waals surface area contributed by atoms with Crippen LogP contribution in [-0.4, -0.2) is 56.3 Å². The van der Waals surface area contributed by atoms with Gasteiger partial charge in [0, 0.05) is 44.3 Å². The van der Waals surface area contributed by atoms with Crippen LogP contribution in [0.3, 0.4) is 0 Å². The molecule has 3 aromatic rings. The number of rotatable bonds is 6. The van der Waals surface area contributed by atoms with Gasteiger partial charge < -0.3 is 4.90 Å². The van der Waals surface area contributed by atoms with Crippen molar-refractivity contribution >= 4 is 5.69 Å². The molecule has 0 aliphatic carbocycles. The molecule has 1 atom stereocenters. The zero-order valence-corrected chi connectivity index (χ0v) is 19.0. The Morgan fingerprint density at radius 2 is 1.70 bits per heavy atom. The molecule has 4 rings (SSSR count). The predicted molar refractivity (Wildman–Crippen MR) is 119 cm³/mol. The van der Waals surface area contributed by atoms with Gasteiger partial charge >= 0.3 is 6.18 Å². The van der Waals surface area contributed by atoms with Crippen LogP contribution in [0.1, 0.15) is 50.2 Å². The fraction of sp³-hybridized carbons (Fsp3) is 0.478. The number of alkyl halides is 3. The van der Waals surface area contributed by atoms with Crippen LogP contribution in [0, 0.1) is 0 Å². The number of tetrazole rings is 1. The van der Waals surface area contributed by atoms with Gasteiger partial charge in [0.25, 0.3) is 0 Å². The summed E-state index contributed by atoms with van der Waals surface area (Å²) in [7, 11) is 0. The maximum atomic E-state index is 13.2. The third kappa shape index (κ3) is 4.85. The van der Waals surface area contributed by atoms with Gasteiger partial charge in [0.05, 0.1) is 17.1 Å². The Hall–Kier alpha value is -3.01. The fourth-order valence-electron chi connectivity index (χ4n) is 4.13. The van der Waals surface area contributed by atoms with Crippen LogP contribution in [0.5, 0.6) is 0 Å². The summed E-state index contributed by atoms with van der Waals surface area (Å²) in [5, 5.41) is 12.7. The molecule has 0 saturated carbocycles. The molecular weight excluding hydrogens is 431 g/mol. The molecule has 33 heavy (non-hydrogen) atoms. The summed E-state index contributed by atoms with van der Waals surface area (Å²) in [6, 6.07) is 9.26. The summed E-state index contributed by atoms with van der Waals surface area (Å²) in [5.41, 5.74) is 0.727. The molecular formula is C23H28F3N7. The van der Waals surface area contributed by atoms with Gasteiger partial charge in [-0.1, -0.05) is 13.0 Å². The maximum Gasteiger partial charge on any atom is 0.416 e. The molecule has 10 heteroatoms. The van der Waals surface area contributed by atoms with Crippen molar-refractivity contribution in [3.8, 4) is 0 Å². The van der Waals surface area contributed by atoms with E-state index >= 15 is 0 Å². The minimum atomic E-state index is -4.35. The lowest BCUT2D eigenvalue weighted by Crippen LogP contribution is -2.49. The number of aromatic nitrogens is 5. The fourth-order valence-corrected chi connectivity index (χ4v) is 4.13. The first-order valence-electron chi connectivity index (χ1n) is 11.1. The minimum Gasteiger partial charge on any atom is -0.369 e. The summed E-state index contributed by atoms with van der Waals surface area (Å²) in [4.78, 5) is 8.42. The number of anilines is 1. The second kappa shape index (κ2) is 9.09. The smallest absolute Gasteiger partial charge is 0.369 e. The normalized spacial score (nSPS) is 16.7. The molecule has 3 heterocycles. The van der Waals surface area contributed by atoms with E-state index in [2.05, 4.69) is 46.2 Å². The number of halogens is 3. The lowest BCUT2D eigenvalue weighted by molar-refractivity contribution is -0.137. The van der Waals surface area contributed by atoms with Crippen LogP contribution in [0.4, 0.5) is 18.9 Å². The van der Waals surface area contributed by atoms with Gasteiger partial charge in [-0.25, -0.2) is 4.68 Å². The number of pyridine rings is 1.